The maximum Gasteiger partial charge on any atom is 0.137 e. The third-order valence-electron chi connectivity index (χ3n) is 11.3. The van der Waals surface area contributed by atoms with Gasteiger partial charge in [-0.15, -0.1) is 0 Å². The predicted molar refractivity (Wildman–Crippen MR) is 235 cm³/mol. The first-order valence-electron chi connectivity index (χ1n) is 19.3. The van der Waals surface area contributed by atoms with Crippen molar-refractivity contribution >= 4 is 66.6 Å². The van der Waals surface area contributed by atoms with Crippen LogP contribution in [0.5, 0.6) is 0 Å². The fourth-order valence-electron chi connectivity index (χ4n) is 8.60. The first-order chi connectivity index (χ1) is 27.7. The number of hydrogen-bond donors (Lipinski definition) is 0. The van der Waals surface area contributed by atoms with E-state index in [0.717, 1.165) is 74.4 Å². The number of aromatic nitrogens is 1. The third kappa shape index (κ3) is 5.48. The van der Waals surface area contributed by atoms with Crippen LogP contribution in [0.3, 0.4) is 0 Å². The average Bonchev–Trinajstić information content (AvgIpc) is 3.65. The van der Waals surface area contributed by atoms with Gasteiger partial charge in [-0.25, -0.2) is 4.98 Å². The quantitative estimate of drug-likeness (QED) is 0.172. The second-order valence-electron chi connectivity index (χ2n) is 14.6. The second kappa shape index (κ2) is 13.3. The molecule has 0 atom stereocenters. The molecule has 56 heavy (non-hydrogen) atoms. The fraction of sp³-hybridized carbons (Fsp3) is 0.0377. The zero-order chi connectivity index (χ0) is 37.0. The molecule has 3 heteroatoms. The molecule has 1 aliphatic carbocycles. The van der Waals surface area contributed by atoms with Crippen LogP contribution < -0.4 is 4.90 Å². The van der Waals surface area contributed by atoms with Crippen LogP contribution >= 0.6 is 0 Å². The summed E-state index contributed by atoms with van der Waals surface area (Å²) in [6.07, 6.45) is 6.55. The Hall–Kier alpha value is -7.23. The molecule has 0 saturated heterocycles. The summed E-state index contributed by atoms with van der Waals surface area (Å²) in [7, 11) is 0. The Morgan fingerprint density at radius 1 is 0.482 bits per heavy atom. The highest BCUT2D eigenvalue weighted by molar-refractivity contribution is 6.13. The van der Waals surface area contributed by atoms with E-state index in [2.05, 4.69) is 199 Å². The maximum absolute atomic E-state index is 6.76. The standard InChI is InChI=1S/C53H36N2O/c1-2-13-35(14-3-1)39-20-10-21-41(31-39)55(42-28-27-36-15-4-5-17-38(36)32-42)43-29-30-48-51(34-43)56-50-26-12-25-47(52(48)50)49-33-40-18-7-9-23-45(40)53(54-49)46-24-11-19-37-16-6-8-22-44(37)46/h1-6,8-17,19-34H,7,18H2. The molecule has 0 fully saturated rings. The number of nitrogens with zero attached hydrogens (tertiary/aromatic N) is 2. The molecule has 0 saturated carbocycles. The van der Waals surface area contributed by atoms with Gasteiger partial charge in [0.2, 0.25) is 0 Å². The number of aryl methyl sites for hydroxylation is 1. The van der Waals surface area contributed by atoms with Crippen LogP contribution in [0.25, 0.3) is 83.2 Å². The van der Waals surface area contributed by atoms with Gasteiger partial charge in [0, 0.05) is 50.6 Å². The fourth-order valence-corrected chi connectivity index (χ4v) is 8.60. The molecule has 10 aromatic rings. The molecule has 0 amide bonds. The lowest BCUT2D eigenvalue weighted by atomic mass is 9.90. The first kappa shape index (κ1) is 32.2. The molecule has 3 nitrogen and oxygen atoms in total. The summed E-state index contributed by atoms with van der Waals surface area (Å²) < 4.78 is 6.76. The van der Waals surface area contributed by atoms with Crippen LogP contribution in [0.2, 0.25) is 0 Å². The average molecular weight is 717 g/mol. The summed E-state index contributed by atoms with van der Waals surface area (Å²) >= 11 is 0. The number of anilines is 3. The maximum atomic E-state index is 6.76. The zero-order valence-electron chi connectivity index (χ0n) is 30.7. The van der Waals surface area contributed by atoms with Crippen LogP contribution in [0, 0.1) is 0 Å². The van der Waals surface area contributed by atoms with Crippen molar-refractivity contribution in [2.24, 2.45) is 0 Å². The second-order valence-corrected chi connectivity index (χ2v) is 14.6. The molecule has 0 N–H and O–H groups in total. The monoisotopic (exact) mass is 716 g/mol. The Kier molecular flexibility index (Phi) is 7.63. The summed E-state index contributed by atoms with van der Waals surface area (Å²) in [4.78, 5) is 7.83. The van der Waals surface area contributed by atoms with Crippen LogP contribution in [-0.2, 0) is 6.42 Å². The van der Waals surface area contributed by atoms with Gasteiger partial charge < -0.3 is 9.32 Å². The molecule has 0 unspecified atom stereocenters. The van der Waals surface area contributed by atoms with E-state index < -0.39 is 0 Å². The van der Waals surface area contributed by atoms with Crippen LogP contribution in [0.15, 0.2) is 192 Å². The molecule has 8 aromatic carbocycles. The van der Waals surface area contributed by atoms with Gasteiger partial charge >= 0.3 is 0 Å². The first-order valence-corrected chi connectivity index (χ1v) is 19.3. The minimum Gasteiger partial charge on any atom is -0.456 e. The van der Waals surface area contributed by atoms with Crippen molar-refractivity contribution in [1.29, 1.82) is 0 Å². The molecule has 11 rings (SSSR count). The smallest absolute Gasteiger partial charge is 0.137 e. The van der Waals surface area contributed by atoms with Crippen molar-refractivity contribution in [2.75, 3.05) is 4.90 Å². The van der Waals surface area contributed by atoms with Crippen molar-refractivity contribution in [1.82, 2.24) is 4.98 Å². The molecule has 264 valence electrons. The Morgan fingerprint density at radius 3 is 2.12 bits per heavy atom. The van der Waals surface area contributed by atoms with E-state index in [1.54, 1.807) is 0 Å². The molecule has 0 aliphatic heterocycles. The largest absolute Gasteiger partial charge is 0.456 e. The highest BCUT2D eigenvalue weighted by atomic mass is 16.3. The molecular formula is C53H36N2O. The van der Waals surface area contributed by atoms with Gasteiger partial charge in [-0.2, -0.15) is 0 Å². The lowest BCUT2D eigenvalue weighted by molar-refractivity contribution is 0.669. The number of allylic oxidation sites excluding steroid dienone is 1. The van der Waals surface area contributed by atoms with Gasteiger partial charge in [-0.1, -0.05) is 140 Å². The normalized spacial score (nSPS) is 12.4. The van der Waals surface area contributed by atoms with Crippen LogP contribution in [0.4, 0.5) is 17.1 Å². The van der Waals surface area contributed by atoms with Gasteiger partial charge in [-0.05, 0) is 99.6 Å². The highest BCUT2D eigenvalue weighted by Gasteiger charge is 2.21. The van der Waals surface area contributed by atoms with Gasteiger partial charge in [0.1, 0.15) is 11.2 Å². The zero-order valence-corrected chi connectivity index (χ0v) is 30.7. The number of fused-ring (bicyclic) bond motifs is 6. The van der Waals surface area contributed by atoms with E-state index in [-0.39, 0.29) is 0 Å². The van der Waals surface area contributed by atoms with Crippen LogP contribution in [0.1, 0.15) is 17.5 Å². The van der Waals surface area contributed by atoms with Crippen LogP contribution in [-0.4, -0.2) is 4.98 Å². The Labute approximate surface area is 325 Å². The van der Waals surface area contributed by atoms with Crippen molar-refractivity contribution in [2.45, 2.75) is 12.8 Å². The molecule has 2 heterocycles. The SMILES string of the molecule is C1=Cc2c(cc(-c3cccc4oc5cc(N(c6cccc(-c7ccccc7)c6)c6ccc7ccccc7c6)ccc5c34)nc2-c2cccc3ccccc23)CC1. The van der Waals surface area contributed by atoms with E-state index in [1.807, 2.05) is 0 Å². The van der Waals surface area contributed by atoms with E-state index in [0.29, 0.717) is 0 Å². The Morgan fingerprint density at radius 2 is 1.20 bits per heavy atom. The number of hydrogen-bond acceptors (Lipinski definition) is 3. The summed E-state index contributed by atoms with van der Waals surface area (Å²) in [5, 5.41) is 6.99. The minimum atomic E-state index is 0.838. The molecule has 0 spiro atoms. The summed E-state index contributed by atoms with van der Waals surface area (Å²) in [5.74, 6) is 0. The van der Waals surface area contributed by atoms with E-state index >= 15 is 0 Å². The molecular weight excluding hydrogens is 681 g/mol. The van der Waals surface area contributed by atoms with Crippen molar-refractivity contribution in [3.05, 3.63) is 199 Å². The van der Waals surface area contributed by atoms with E-state index in [9.17, 15) is 0 Å². The lowest BCUT2D eigenvalue weighted by Crippen LogP contribution is -2.10. The van der Waals surface area contributed by atoms with E-state index in [1.165, 1.54) is 43.8 Å². The number of rotatable bonds is 6. The third-order valence-corrected chi connectivity index (χ3v) is 11.3. The topological polar surface area (TPSA) is 29.3 Å². The molecule has 2 aromatic heterocycles. The lowest BCUT2D eigenvalue weighted by Gasteiger charge is -2.26. The predicted octanol–water partition coefficient (Wildman–Crippen LogP) is 14.7. The molecule has 0 radical (unpaired) electrons. The van der Waals surface area contributed by atoms with E-state index in [4.69, 9.17) is 9.40 Å². The molecule has 0 bridgehead atoms. The number of pyridine rings is 1. The van der Waals surface area contributed by atoms with Gasteiger partial charge in [-0.3, -0.25) is 0 Å². The summed E-state index contributed by atoms with van der Waals surface area (Å²) in [6, 6.07) is 65.0. The molecule has 1 aliphatic rings. The Bertz CT molecular complexity index is 3150. The summed E-state index contributed by atoms with van der Waals surface area (Å²) in [6.45, 7) is 0. The van der Waals surface area contributed by atoms with Gasteiger partial charge in [0.15, 0.2) is 0 Å². The van der Waals surface area contributed by atoms with Gasteiger partial charge in [0.05, 0.1) is 11.4 Å². The van der Waals surface area contributed by atoms with Gasteiger partial charge in [0.25, 0.3) is 0 Å². The minimum absolute atomic E-state index is 0.838. The van der Waals surface area contributed by atoms with Crippen molar-refractivity contribution in [3.63, 3.8) is 0 Å². The number of benzene rings is 8. The highest BCUT2D eigenvalue weighted by Crippen LogP contribution is 2.44. The summed E-state index contributed by atoms with van der Waals surface area (Å²) in [5.41, 5.74) is 14.0. The van der Waals surface area contributed by atoms with Crippen molar-refractivity contribution < 1.29 is 4.42 Å². The Balaban J connectivity index is 1.08. The van der Waals surface area contributed by atoms with Crippen molar-refractivity contribution in [3.8, 4) is 33.6 Å². The number of furan rings is 1.